The van der Waals surface area contributed by atoms with E-state index in [2.05, 4.69) is 201 Å². The summed E-state index contributed by atoms with van der Waals surface area (Å²) in [5, 5.41) is 7.11. The van der Waals surface area contributed by atoms with Crippen LogP contribution in [0.3, 0.4) is 0 Å². The molecule has 260 valence electrons. The molecule has 0 unspecified atom stereocenters. The maximum Gasteiger partial charge on any atom is 0.136 e. The molecule has 1 heterocycles. The average Bonchev–Trinajstić information content (AvgIpc) is 3.73. The number of furan rings is 1. The largest absolute Gasteiger partial charge is 0.456 e. The van der Waals surface area contributed by atoms with Gasteiger partial charge in [0.05, 0.1) is 11.4 Å². The smallest absolute Gasteiger partial charge is 0.136 e. The fourth-order valence-electron chi connectivity index (χ4n) is 9.33. The first-order chi connectivity index (χ1) is 27.1. The van der Waals surface area contributed by atoms with Gasteiger partial charge in [-0.05, 0) is 86.1 Å². The van der Waals surface area contributed by atoms with Gasteiger partial charge in [0.15, 0.2) is 0 Å². The van der Waals surface area contributed by atoms with Crippen molar-refractivity contribution in [1.82, 2.24) is 0 Å². The molecule has 2 heteroatoms. The number of hydrogen-bond donors (Lipinski definition) is 0. The Hall–Kier alpha value is -6.90. The number of hydrogen-bond acceptors (Lipinski definition) is 2. The third-order valence-corrected chi connectivity index (χ3v) is 11.9. The van der Waals surface area contributed by atoms with Crippen LogP contribution in [0.15, 0.2) is 192 Å². The topological polar surface area (TPSA) is 16.4 Å². The van der Waals surface area contributed by atoms with Gasteiger partial charge in [-0.3, -0.25) is 0 Å². The van der Waals surface area contributed by atoms with E-state index in [1.165, 1.54) is 71.7 Å². The Morgan fingerprint density at radius 1 is 0.418 bits per heavy atom. The molecular weight excluding hydrogens is 667 g/mol. The number of anilines is 3. The van der Waals surface area contributed by atoms with Crippen molar-refractivity contribution >= 4 is 60.5 Å². The van der Waals surface area contributed by atoms with E-state index in [0.717, 1.165) is 33.3 Å². The summed E-state index contributed by atoms with van der Waals surface area (Å²) in [5.41, 5.74) is 15.2. The molecule has 1 aliphatic rings. The van der Waals surface area contributed by atoms with Crippen LogP contribution in [0, 0.1) is 0 Å². The summed E-state index contributed by atoms with van der Waals surface area (Å²) < 4.78 is 6.40. The molecule has 0 amide bonds. The highest BCUT2D eigenvalue weighted by Crippen LogP contribution is 2.55. The van der Waals surface area contributed by atoms with Gasteiger partial charge < -0.3 is 9.32 Å². The summed E-state index contributed by atoms with van der Waals surface area (Å²) in [5.74, 6) is 0. The molecular formula is C53H37NO. The van der Waals surface area contributed by atoms with Crippen LogP contribution in [0.25, 0.3) is 76.9 Å². The third kappa shape index (κ3) is 4.74. The summed E-state index contributed by atoms with van der Waals surface area (Å²) in [4.78, 5) is 2.50. The summed E-state index contributed by atoms with van der Waals surface area (Å²) in [7, 11) is 0. The van der Waals surface area contributed by atoms with Crippen molar-refractivity contribution in [2.45, 2.75) is 19.3 Å². The van der Waals surface area contributed by atoms with Gasteiger partial charge in [-0.2, -0.15) is 0 Å². The highest BCUT2D eigenvalue weighted by molar-refractivity contribution is 6.24. The monoisotopic (exact) mass is 703 g/mol. The van der Waals surface area contributed by atoms with Crippen LogP contribution >= 0.6 is 0 Å². The Balaban J connectivity index is 1.20. The van der Waals surface area contributed by atoms with Crippen LogP contribution in [0.4, 0.5) is 17.1 Å². The van der Waals surface area contributed by atoms with Gasteiger partial charge in [0.1, 0.15) is 11.2 Å². The summed E-state index contributed by atoms with van der Waals surface area (Å²) in [6.45, 7) is 4.72. The van der Waals surface area contributed by atoms with Crippen molar-refractivity contribution in [1.29, 1.82) is 0 Å². The van der Waals surface area contributed by atoms with E-state index in [1.807, 2.05) is 6.07 Å². The Morgan fingerprint density at radius 2 is 1.07 bits per heavy atom. The number of rotatable bonds is 5. The highest BCUT2D eigenvalue weighted by atomic mass is 16.3. The second-order valence-corrected chi connectivity index (χ2v) is 15.2. The number of nitrogens with zero attached hydrogens (tertiary/aromatic N) is 1. The molecule has 55 heavy (non-hydrogen) atoms. The SMILES string of the molecule is CC1(C)c2ccccc2-c2c(N(c3cccc(-c4ccccc4)c3)c3cccc4c(-c5cccc6ccc7oc8ccccc8c7c56)cccc34)cccc21. The zero-order valence-corrected chi connectivity index (χ0v) is 30.8. The number of fused-ring (bicyclic) bond motifs is 9. The molecule has 0 N–H and O–H groups in total. The lowest BCUT2D eigenvalue weighted by atomic mass is 9.82. The van der Waals surface area contributed by atoms with Crippen LogP contribution in [0.1, 0.15) is 25.0 Å². The molecule has 1 aliphatic carbocycles. The zero-order chi connectivity index (χ0) is 36.7. The lowest BCUT2D eigenvalue weighted by molar-refractivity contribution is 0.660. The van der Waals surface area contributed by atoms with E-state index >= 15 is 0 Å². The zero-order valence-electron chi connectivity index (χ0n) is 30.8. The molecule has 0 aliphatic heterocycles. The normalized spacial score (nSPS) is 13.1. The maximum atomic E-state index is 6.40. The van der Waals surface area contributed by atoms with Crippen LogP contribution in [0.5, 0.6) is 0 Å². The Labute approximate surface area is 320 Å². The van der Waals surface area contributed by atoms with Crippen LogP contribution in [-0.4, -0.2) is 0 Å². The Kier molecular flexibility index (Phi) is 6.93. The minimum absolute atomic E-state index is 0.123. The third-order valence-electron chi connectivity index (χ3n) is 11.9. The minimum Gasteiger partial charge on any atom is -0.456 e. The van der Waals surface area contributed by atoms with Crippen LogP contribution in [-0.2, 0) is 5.41 Å². The second kappa shape index (κ2) is 12.1. The van der Waals surface area contributed by atoms with Crippen molar-refractivity contribution in [3.8, 4) is 33.4 Å². The van der Waals surface area contributed by atoms with Crippen molar-refractivity contribution < 1.29 is 4.42 Å². The molecule has 0 spiro atoms. The molecule has 10 aromatic rings. The lowest BCUT2D eigenvalue weighted by Crippen LogP contribution is -2.16. The summed E-state index contributed by atoms with van der Waals surface area (Å²) in [6, 6.07) is 68.5. The standard InChI is InChI=1S/C53H37NO/c1-53(2)44-26-8-6-20-42(44)51-45(53)27-14-29-47(51)54(37-19-10-18-36(33-37)34-15-4-3-5-16-34)46-28-13-23-38-39(22-12-24-40(38)46)41-25-11-17-35-31-32-49-52(50(35)41)43-21-7-9-30-48(43)55-49/h3-33H,1-2H3. The second-order valence-electron chi connectivity index (χ2n) is 15.2. The number of benzene rings is 9. The first kappa shape index (κ1) is 31.6. The van der Waals surface area contributed by atoms with Crippen molar-refractivity contribution in [2.75, 3.05) is 4.90 Å². The Bertz CT molecular complexity index is 3130. The van der Waals surface area contributed by atoms with E-state index in [-0.39, 0.29) is 5.41 Å². The van der Waals surface area contributed by atoms with Gasteiger partial charge in [-0.15, -0.1) is 0 Å². The van der Waals surface area contributed by atoms with E-state index in [1.54, 1.807) is 0 Å². The van der Waals surface area contributed by atoms with E-state index in [9.17, 15) is 0 Å². The molecule has 9 aromatic carbocycles. The molecule has 0 fully saturated rings. The van der Waals surface area contributed by atoms with Crippen molar-refractivity contribution in [3.05, 3.63) is 199 Å². The van der Waals surface area contributed by atoms with Gasteiger partial charge in [0.2, 0.25) is 0 Å². The molecule has 11 rings (SSSR count). The average molecular weight is 704 g/mol. The molecule has 0 atom stereocenters. The van der Waals surface area contributed by atoms with Gasteiger partial charge in [0, 0.05) is 38.2 Å². The predicted molar refractivity (Wildman–Crippen MR) is 232 cm³/mol. The van der Waals surface area contributed by atoms with Gasteiger partial charge in [-0.1, -0.05) is 166 Å². The lowest BCUT2D eigenvalue weighted by Gasteiger charge is -2.30. The summed E-state index contributed by atoms with van der Waals surface area (Å²) >= 11 is 0. The summed E-state index contributed by atoms with van der Waals surface area (Å²) in [6.07, 6.45) is 0. The fourth-order valence-corrected chi connectivity index (χ4v) is 9.33. The van der Waals surface area contributed by atoms with E-state index < -0.39 is 0 Å². The molecule has 1 aromatic heterocycles. The molecule has 0 saturated carbocycles. The van der Waals surface area contributed by atoms with E-state index in [4.69, 9.17) is 4.42 Å². The van der Waals surface area contributed by atoms with Crippen LogP contribution < -0.4 is 4.90 Å². The van der Waals surface area contributed by atoms with Gasteiger partial charge in [-0.25, -0.2) is 0 Å². The van der Waals surface area contributed by atoms with Gasteiger partial charge in [0.25, 0.3) is 0 Å². The molecule has 0 radical (unpaired) electrons. The quantitative estimate of drug-likeness (QED) is 0.177. The molecule has 0 bridgehead atoms. The maximum absolute atomic E-state index is 6.40. The fraction of sp³-hybridized carbons (Fsp3) is 0.0566. The first-order valence-electron chi connectivity index (χ1n) is 19.1. The Morgan fingerprint density at radius 3 is 2.00 bits per heavy atom. The minimum atomic E-state index is -0.123. The molecule has 2 nitrogen and oxygen atoms in total. The van der Waals surface area contributed by atoms with Gasteiger partial charge >= 0.3 is 0 Å². The van der Waals surface area contributed by atoms with E-state index in [0.29, 0.717) is 0 Å². The predicted octanol–water partition coefficient (Wildman–Crippen LogP) is 15.0. The first-order valence-corrected chi connectivity index (χ1v) is 19.1. The molecule has 0 saturated heterocycles. The van der Waals surface area contributed by atoms with Crippen molar-refractivity contribution in [2.24, 2.45) is 0 Å². The van der Waals surface area contributed by atoms with Crippen LogP contribution in [0.2, 0.25) is 0 Å². The highest BCUT2D eigenvalue weighted by Gasteiger charge is 2.38. The number of para-hydroxylation sites is 1. The van der Waals surface area contributed by atoms with Crippen molar-refractivity contribution in [3.63, 3.8) is 0 Å².